The zero-order valence-corrected chi connectivity index (χ0v) is 14.3. The summed E-state index contributed by atoms with van der Waals surface area (Å²) in [6.07, 6.45) is 1.07. The third-order valence-electron chi connectivity index (χ3n) is 3.84. The van der Waals surface area contributed by atoms with Gasteiger partial charge in [-0.2, -0.15) is 0 Å². The van der Waals surface area contributed by atoms with Gasteiger partial charge in [0.1, 0.15) is 11.6 Å². The fourth-order valence-electron chi connectivity index (χ4n) is 2.27. The quantitative estimate of drug-likeness (QED) is 0.848. The molecule has 0 aliphatic rings. The molecule has 0 saturated carbocycles. The van der Waals surface area contributed by atoms with E-state index in [1.807, 2.05) is 0 Å². The third-order valence-corrected chi connectivity index (χ3v) is 4.97. The highest BCUT2D eigenvalue weighted by Crippen LogP contribution is 2.24. The number of amides is 1. The van der Waals surface area contributed by atoms with Crippen molar-refractivity contribution >= 4 is 15.7 Å². The van der Waals surface area contributed by atoms with Crippen molar-refractivity contribution in [3.8, 4) is 0 Å². The fourth-order valence-corrected chi connectivity index (χ4v) is 2.90. The number of halogens is 2. The first kappa shape index (κ1) is 18.1. The Hall–Kier alpha value is -2.28. The lowest BCUT2D eigenvalue weighted by molar-refractivity contribution is 0.0740. The van der Waals surface area contributed by atoms with E-state index in [2.05, 4.69) is 0 Å². The second-order valence-corrected chi connectivity index (χ2v) is 7.57. The Kier molecular flexibility index (Phi) is 5.03. The van der Waals surface area contributed by atoms with Gasteiger partial charge in [-0.1, -0.05) is 0 Å². The normalized spacial score (nSPS) is 12.7. The highest BCUT2D eigenvalue weighted by Gasteiger charge is 2.22. The van der Waals surface area contributed by atoms with Crippen molar-refractivity contribution in [3.63, 3.8) is 0 Å². The molecule has 0 saturated heterocycles. The van der Waals surface area contributed by atoms with Crippen molar-refractivity contribution in [2.45, 2.75) is 17.9 Å². The average Bonchev–Trinajstić information content (AvgIpc) is 2.54. The molecule has 2 aromatic carbocycles. The number of hydrogen-bond donors (Lipinski definition) is 0. The molecule has 0 fully saturated rings. The maximum atomic E-state index is 13.9. The number of sulfone groups is 1. The zero-order chi connectivity index (χ0) is 18.1. The number of hydrogen-bond acceptors (Lipinski definition) is 3. The van der Waals surface area contributed by atoms with Gasteiger partial charge in [0.15, 0.2) is 9.84 Å². The number of benzene rings is 2. The lowest BCUT2D eigenvalue weighted by atomic mass is 10.1. The third kappa shape index (κ3) is 3.79. The van der Waals surface area contributed by atoms with Crippen molar-refractivity contribution in [1.29, 1.82) is 0 Å². The molecule has 2 aromatic rings. The largest absolute Gasteiger partial charge is 0.335 e. The molecule has 0 aromatic heterocycles. The molecular weight excluding hydrogens is 336 g/mol. The Bertz CT molecular complexity index is 864. The molecule has 0 N–H and O–H groups in total. The fraction of sp³-hybridized carbons (Fsp3) is 0.235. The standard InChI is InChI=1S/C17H17F2NO3S/c1-11(15-10-13(18)6-9-16(15)19)20(2)17(21)12-4-7-14(8-5-12)24(3,22)23/h4-11H,1-3H3. The number of rotatable bonds is 4. The Morgan fingerprint density at radius 3 is 2.21 bits per heavy atom. The van der Waals surface area contributed by atoms with Crippen LogP contribution in [0.1, 0.15) is 28.9 Å². The summed E-state index contributed by atoms with van der Waals surface area (Å²) >= 11 is 0. The summed E-state index contributed by atoms with van der Waals surface area (Å²) in [6, 6.07) is 7.85. The molecule has 0 aliphatic carbocycles. The van der Waals surface area contributed by atoms with Crippen LogP contribution in [0.4, 0.5) is 8.78 Å². The predicted molar refractivity (Wildman–Crippen MR) is 86.4 cm³/mol. The SMILES string of the molecule is CC(c1cc(F)ccc1F)N(C)C(=O)c1ccc(S(C)(=O)=O)cc1. The van der Waals surface area contributed by atoms with Gasteiger partial charge in [-0.25, -0.2) is 17.2 Å². The first-order valence-electron chi connectivity index (χ1n) is 7.13. The van der Waals surface area contributed by atoms with Crippen LogP contribution >= 0.6 is 0 Å². The van der Waals surface area contributed by atoms with Gasteiger partial charge in [0, 0.05) is 24.4 Å². The minimum Gasteiger partial charge on any atom is -0.335 e. The highest BCUT2D eigenvalue weighted by atomic mass is 32.2. The van der Waals surface area contributed by atoms with Crippen LogP contribution in [0.15, 0.2) is 47.4 Å². The number of carbonyl (C=O) groups excluding carboxylic acids is 1. The Morgan fingerprint density at radius 2 is 1.67 bits per heavy atom. The minimum atomic E-state index is -3.35. The zero-order valence-electron chi connectivity index (χ0n) is 13.5. The molecule has 1 amide bonds. The van der Waals surface area contributed by atoms with Gasteiger partial charge in [0.2, 0.25) is 0 Å². The lowest BCUT2D eigenvalue weighted by Gasteiger charge is -2.26. The van der Waals surface area contributed by atoms with Gasteiger partial charge in [0.05, 0.1) is 10.9 Å². The van der Waals surface area contributed by atoms with E-state index in [1.54, 1.807) is 6.92 Å². The summed E-state index contributed by atoms with van der Waals surface area (Å²) in [4.78, 5) is 13.9. The molecule has 24 heavy (non-hydrogen) atoms. The van der Waals surface area contributed by atoms with E-state index in [9.17, 15) is 22.0 Å². The average molecular weight is 353 g/mol. The Balaban J connectivity index is 2.27. The smallest absolute Gasteiger partial charge is 0.254 e. The second-order valence-electron chi connectivity index (χ2n) is 5.55. The number of nitrogens with zero attached hydrogens (tertiary/aromatic N) is 1. The predicted octanol–water partition coefficient (Wildman–Crippen LogP) is 3.20. The van der Waals surface area contributed by atoms with Crippen LogP contribution in [0.25, 0.3) is 0 Å². The minimum absolute atomic E-state index is 0.0682. The maximum absolute atomic E-state index is 13.9. The monoisotopic (exact) mass is 353 g/mol. The lowest BCUT2D eigenvalue weighted by Crippen LogP contribution is -2.30. The topological polar surface area (TPSA) is 54.5 Å². The van der Waals surface area contributed by atoms with Crippen LogP contribution in [0.2, 0.25) is 0 Å². The molecule has 0 bridgehead atoms. The van der Waals surface area contributed by atoms with E-state index in [-0.39, 0.29) is 16.0 Å². The molecule has 4 nitrogen and oxygen atoms in total. The van der Waals surface area contributed by atoms with Crippen molar-refractivity contribution in [3.05, 3.63) is 65.2 Å². The summed E-state index contributed by atoms with van der Waals surface area (Å²) in [6.45, 7) is 1.58. The maximum Gasteiger partial charge on any atom is 0.254 e. The van der Waals surface area contributed by atoms with E-state index in [0.29, 0.717) is 0 Å². The summed E-state index contributed by atoms with van der Waals surface area (Å²) in [5.41, 5.74) is 0.326. The van der Waals surface area contributed by atoms with E-state index in [0.717, 1.165) is 24.5 Å². The van der Waals surface area contributed by atoms with Crippen LogP contribution in [0.3, 0.4) is 0 Å². The molecule has 2 rings (SSSR count). The van der Waals surface area contributed by atoms with Gasteiger partial charge < -0.3 is 4.90 Å². The van der Waals surface area contributed by atoms with Crippen LogP contribution < -0.4 is 0 Å². The molecule has 0 radical (unpaired) electrons. The van der Waals surface area contributed by atoms with Crippen molar-refractivity contribution in [1.82, 2.24) is 4.90 Å². The molecule has 0 heterocycles. The summed E-state index contributed by atoms with van der Waals surface area (Å²) in [5.74, 6) is -1.61. The van der Waals surface area contributed by atoms with Gasteiger partial charge in [-0.15, -0.1) is 0 Å². The molecule has 1 atom stereocenters. The van der Waals surface area contributed by atoms with Gasteiger partial charge >= 0.3 is 0 Å². The molecular formula is C17H17F2NO3S. The van der Waals surface area contributed by atoms with Crippen LogP contribution in [-0.2, 0) is 9.84 Å². The van der Waals surface area contributed by atoms with Gasteiger partial charge in [0.25, 0.3) is 5.91 Å². The van der Waals surface area contributed by atoms with E-state index < -0.39 is 33.4 Å². The van der Waals surface area contributed by atoms with E-state index in [4.69, 9.17) is 0 Å². The molecule has 7 heteroatoms. The van der Waals surface area contributed by atoms with Gasteiger partial charge in [-0.05, 0) is 49.4 Å². The Morgan fingerprint density at radius 1 is 1.08 bits per heavy atom. The molecule has 1 unspecified atom stereocenters. The van der Waals surface area contributed by atoms with E-state index in [1.165, 1.54) is 36.2 Å². The van der Waals surface area contributed by atoms with Crippen LogP contribution in [-0.4, -0.2) is 32.5 Å². The van der Waals surface area contributed by atoms with E-state index >= 15 is 0 Å². The second kappa shape index (κ2) is 6.68. The first-order valence-corrected chi connectivity index (χ1v) is 9.02. The molecule has 0 spiro atoms. The summed E-state index contributed by atoms with van der Waals surface area (Å²) in [5, 5.41) is 0. The van der Waals surface area contributed by atoms with Crippen molar-refractivity contribution < 1.29 is 22.0 Å². The van der Waals surface area contributed by atoms with Gasteiger partial charge in [-0.3, -0.25) is 4.79 Å². The molecule has 0 aliphatic heterocycles. The first-order chi connectivity index (χ1) is 11.1. The Labute approximate surface area is 139 Å². The summed E-state index contributed by atoms with van der Waals surface area (Å²) in [7, 11) is -1.88. The number of carbonyl (C=O) groups is 1. The van der Waals surface area contributed by atoms with Crippen LogP contribution in [0, 0.1) is 11.6 Å². The van der Waals surface area contributed by atoms with Crippen LogP contribution in [0.5, 0.6) is 0 Å². The summed E-state index contributed by atoms with van der Waals surface area (Å²) < 4.78 is 50.1. The van der Waals surface area contributed by atoms with Crippen molar-refractivity contribution in [2.75, 3.05) is 13.3 Å². The molecule has 128 valence electrons. The van der Waals surface area contributed by atoms with Crippen molar-refractivity contribution in [2.24, 2.45) is 0 Å². The highest BCUT2D eigenvalue weighted by molar-refractivity contribution is 7.90.